The summed E-state index contributed by atoms with van der Waals surface area (Å²) in [6.07, 6.45) is 2.95. The highest BCUT2D eigenvalue weighted by molar-refractivity contribution is 6.10. The van der Waals surface area contributed by atoms with E-state index in [4.69, 9.17) is 0 Å². The van der Waals surface area contributed by atoms with Gasteiger partial charge < -0.3 is 0 Å². The van der Waals surface area contributed by atoms with Crippen molar-refractivity contribution in [3.63, 3.8) is 0 Å². The van der Waals surface area contributed by atoms with E-state index in [9.17, 15) is 0 Å². The molecule has 2 nitrogen and oxygen atoms in total. The molecule has 1 aliphatic heterocycles. The number of aliphatic imine (C=N–C) groups is 2. The number of rotatable bonds is 2. The van der Waals surface area contributed by atoms with Crippen molar-refractivity contribution >= 4 is 17.2 Å². The zero-order valence-corrected chi connectivity index (χ0v) is 11.5. The molecule has 1 heterocycles. The molecule has 0 aromatic heterocycles. The highest BCUT2D eigenvalue weighted by Gasteiger charge is 2.09. The van der Waals surface area contributed by atoms with Crippen molar-refractivity contribution < 1.29 is 0 Å². The van der Waals surface area contributed by atoms with Gasteiger partial charge in [0.25, 0.3) is 0 Å². The van der Waals surface area contributed by atoms with Crippen molar-refractivity contribution in [2.45, 2.75) is 13.3 Å². The Kier molecular flexibility index (Phi) is 3.55. The molecule has 98 valence electrons. The van der Waals surface area contributed by atoms with Crippen LogP contribution in [0, 0.1) is 0 Å². The summed E-state index contributed by atoms with van der Waals surface area (Å²) in [6.45, 7) is 1.95. The minimum Gasteiger partial charge on any atom is -0.237 e. The van der Waals surface area contributed by atoms with Gasteiger partial charge in [0, 0.05) is 6.42 Å². The maximum atomic E-state index is 4.64. The van der Waals surface area contributed by atoms with Crippen LogP contribution in [0.3, 0.4) is 0 Å². The molecule has 2 aromatic carbocycles. The third-order valence-electron chi connectivity index (χ3n) is 3.24. The van der Waals surface area contributed by atoms with E-state index in [0.29, 0.717) is 0 Å². The van der Waals surface area contributed by atoms with E-state index in [1.807, 2.05) is 43.3 Å². The van der Waals surface area contributed by atoms with Crippen molar-refractivity contribution in [1.29, 1.82) is 0 Å². The fourth-order valence-corrected chi connectivity index (χ4v) is 2.28. The van der Waals surface area contributed by atoms with Crippen molar-refractivity contribution in [3.05, 3.63) is 77.9 Å². The van der Waals surface area contributed by atoms with E-state index < -0.39 is 0 Å². The van der Waals surface area contributed by atoms with E-state index in [-0.39, 0.29) is 0 Å². The largest absolute Gasteiger partial charge is 0.237 e. The van der Waals surface area contributed by atoms with E-state index in [1.165, 1.54) is 0 Å². The van der Waals surface area contributed by atoms with Crippen LogP contribution in [0.5, 0.6) is 0 Å². The van der Waals surface area contributed by atoms with Gasteiger partial charge in [-0.15, -0.1) is 0 Å². The third kappa shape index (κ3) is 2.75. The van der Waals surface area contributed by atoms with Gasteiger partial charge in [-0.05, 0) is 18.1 Å². The first-order valence-electron chi connectivity index (χ1n) is 6.77. The van der Waals surface area contributed by atoms with Crippen LogP contribution in [0.2, 0.25) is 0 Å². The standard InChI is InChI=1S/C18H16N2/c1-14-19-17(15-8-4-2-5-9-15)12-13-18(20-14)16-10-6-3-7-11-16/h2-12H,13H2,1H3. The van der Waals surface area contributed by atoms with Crippen LogP contribution in [0.25, 0.3) is 5.70 Å². The molecule has 0 saturated heterocycles. The van der Waals surface area contributed by atoms with Crippen LogP contribution in [0.15, 0.2) is 76.7 Å². The molecule has 20 heavy (non-hydrogen) atoms. The van der Waals surface area contributed by atoms with Crippen molar-refractivity contribution in [1.82, 2.24) is 0 Å². The number of allylic oxidation sites excluding steroid dienone is 1. The van der Waals surface area contributed by atoms with Gasteiger partial charge in [0.15, 0.2) is 0 Å². The highest BCUT2D eigenvalue weighted by atomic mass is 14.9. The lowest BCUT2D eigenvalue weighted by atomic mass is 10.1. The second kappa shape index (κ2) is 5.66. The molecular formula is C18H16N2. The molecule has 0 saturated carbocycles. The maximum Gasteiger partial charge on any atom is 0.126 e. The van der Waals surface area contributed by atoms with Crippen molar-refractivity contribution in [2.75, 3.05) is 0 Å². The van der Waals surface area contributed by atoms with Gasteiger partial charge >= 0.3 is 0 Å². The molecule has 0 bridgehead atoms. The Bertz CT molecular complexity index is 680. The normalized spacial score (nSPS) is 14.9. The average molecular weight is 260 g/mol. The van der Waals surface area contributed by atoms with Crippen LogP contribution in [-0.2, 0) is 0 Å². The summed E-state index contributed by atoms with van der Waals surface area (Å²) in [5.41, 5.74) is 4.36. The lowest BCUT2D eigenvalue weighted by Crippen LogP contribution is -2.01. The minimum atomic E-state index is 0.801. The first kappa shape index (κ1) is 12.5. The van der Waals surface area contributed by atoms with Gasteiger partial charge in [0.1, 0.15) is 5.84 Å². The zero-order chi connectivity index (χ0) is 13.8. The fourth-order valence-electron chi connectivity index (χ4n) is 2.28. The Labute approximate surface area is 119 Å². The number of amidine groups is 1. The van der Waals surface area contributed by atoms with Crippen LogP contribution >= 0.6 is 0 Å². The molecule has 3 rings (SSSR count). The van der Waals surface area contributed by atoms with E-state index >= 15 is 0 Å². The first-order chi connectivity index (χ1) is 9.83. The van der Waals surface area contributed by atoms with Crippen molar-refractivity contribution in [3.8, 4) is 0 Å². The highest BCUT2D eigenvalue weighted by Crippen LogP contribution is 2.20. The predicted molar refractivity (Wildman–Crippen MR) is 85.1 cm³/mol. The SMILES string of the molecule is CC1=NC(c2ccccc2)=CCC(c2ccccc2)=N1. The molecule has 0 spiro atoms. The van der Waals surface area contributed by atoms with Crippen LogP contribution < -0.4 is 0 Å². The van der Waals surface area contributed by atoms with Gasteiger partial charge in [0.05, 0.1) is 11.4 Å². The molecule has 2 aromatic rings. The van der Waals surface area contributed by atoms with Crippen LogP contribution in [0.1, 0.15) is 24.5 Å². The lowest BCUT2D eigenvalue weighted by Gasteiger charge is -2.02. The molecule has 0 N–H and O–H groups in total. The quantitative estimate of drug-likeness (QED) is 0.767. The van der Waals surface area contributed by atoms with Gasteiger partial charge in [-0.2, -0.15) is 0 Å². The monoisotopic (exact) mass is 260 g/mol. The second-order valence-corrected chi connectivity index (χ2v) is 4.74. The molecule has 2 heteroatoms. The van der Waals surface area contributed by atoms with Crippen LogP contribution in [0.4, 0.5) is 0 Å². The fraction of sp³-hybridized carbons (Fsp3) is 0.111. The summed E-state index contributed by atoms with van der Waals surface area (Å²) in [5.74, 6) is 0.802. The topological polar surface area (TPSA) is 24.7 Å². The van der Waals surface area contributed by atoms with E-state index in [0.717, 1.165) is 34.8 Å². The molecule has 0 radical (unpaired) electrons. The van der Waals surface area contributed by atoms with E-state index in [2.05, 4.69) is 40.3 Å². The number of nitrogens with zero attached hydrogens (tertiary/aromatic N) is 2. The zero-order valence-electron chi connectivity index (χ0n) is 11.5. The van der Waals surface area contributed by atoms with Gasteiger partial charge in [0.2, 0.25) is 0 Å². The molecular weight excluding hydrogens is 244 g/mol. The Hall–Kier alpha value is -2.48. The lowest BCUT2D eigenvalue weighted by molar-refractivity contribution is 1.42. The summed E-state index contributed by atoms with van der Waals surface area (Å²) in [6, 6.07) is 20.5. The predicted octanol–water partition coefficient (Wildman–Crippen LogP) is 4.34. The smallest absolute Gasteiger partial charge is 0.126 e. The van der Waals surface area contributed by atoms with Gasteiger partial charge in [-0.25, -0.2) is 9.98 Å². The maximum absolute atomic E-state index is 4.64. The Morgan fingerprint density at radius 1 is 0.750 bits per heavy atom. The Balaban J connectivity index is 1.95. The molecule has 1 aliphatic rings. The summed E-state index contributed by atoms with van der Waals surface area (Å²) in [7, 11) is 0. The van der Waals surface area contributed by atoms with Gasteiger partial charge in [-0.1, -0.05) is 66.7 Å². The van der Waals surface area contributed by atoms with Crippen LogP contribution in [-0.4, -0.2) is 11.5 Å². The summed E-state index contributed by atoms with van der Waals surface area (Å²) in [4.78, 5) is 9.25. The number of hydrogen-bond acceptors (Lipinski definition) is 2. The molecule has 0 atom stereocenters. The summed E-state index contributed by atoms with van der Waals surface area (Å²) < 4.78 is 0. The molecule has 0 amide bonds. The average Bonchev–Trinajstić information content (AvgIpc) is 2.71. The van der Waals surface area contributed by atoms with Crippen molar-refractivity contribution in [2.24, 2.45) is 9.98 Å². The molecule has 0 unspecified atom stereocenters. The number of benzene rings is 2. The molecule has 0 fully saturated rings. The Morgan fingerprint density at radius 3 is 2.00 bits per heavy atom. The van der Waals surface area contributed by atoms with Gasteiger partial charge in [-0.3, -0.25) is 0 Å². The summed E-state index contributed by atoms with van der Waals surface area (Å²) in [5, 5.41) is 0. The minimum absolute atomic E-state index is 0.801. The van der Waals surface area contributed by atoms with E-state index in [1.54, 1.807) is 0 Å². The summed E-state index contributed by atoms with van der Waals surface area (Å²) >= 11 is 0. The Morgan fingerprint density at radius 2 is 1.35 bits per heavy atom. The third-order valence-corrected chi connectivity index (χ3v) is 3.24. The molecule has 0 aliphatic carbocycles. The second-order valence-electron chi connectivity index (χ2n) is 4.74. The number of hydrogen-bond donors (Lipinski definition) is 0. The first-order valence-corrected chi connectivity index (χ1v) is 6.77.